The van der Waals surface area contributed by atoms with Gasteiger partial charge in [-0.25, -0.2) is 0 Å². The number of nitrogens with zero attached hydrogens (tertiary/aromatic N) is 2. The van der Waals surface area contributed by atoms with Crippen molar-refractivity contribution in [2.45, 2.75) is 38.7 Å². The first-order valence-corrected chi connectivity index (χ1v) is 8.36. The van der Waals surface area contributed by atoms with Crippen LogP contribution in [0.15, 0.2) is 18.2 Å². The van der Waals surface area contributed by atoms with Crippen LogP contribution in [-0.4, -0.2) is 48.7 Å². The van der Waals surface area contributed by atoms with E-state index < -0.39 is 6.10 Å². The van der Waals surface area contributed by atoms with Crippen LogP contribution in [0.25, 0.3) is 0 Å². The molecule has 1 aromatic carbocycles. The van der Waals surface area contributed by atoms with Gasteiger partial charge < -0.3 is 14.5 Å². The minimum absolute atomic E-state index is 0.0447. The van der Waals surface area contributed by atoms with Crippen molar-refractivity contribution in [1.29, 1.82) is 0 Å². The topological polar surface area (TPSA) is 66.9 Å². The summed E-state index contributed by atoms with van der Waals surface area (Å²) < 4.78 is 5.55. The molecule has 0 bridgehead atoms. The van der Waals surface area contributed by atoms with Gasteiger partial charge in [0.1, 0.15) is 5.75 Å². The van der Waals surface area contributed by atoms with Gasteiger partial charge in [0.25, 0.3) is 5.91 Å². The number of hydrogen-bond donors (Lipinski definition) is 0. The van der Waals surface area contributed by atoms with Gasteiger partial charge >= 0.3 is 0 Å². The third-order valence-electron chi connectivity index (χ3n) is 4.65. The molecule has 0 aliphatic carbocycles. The van der Waals surface area contributed by atoms with Crippen LogP contribution < -0.4 is 9.64 Å². The third-order valence-corrected chi connectivity index (χ3v) is 4.65. The van der Waals surface area contributed by atoms with Gasteiger partial charge in [-0.3, -0.25) is 14.4 Å². The molecule has 1 unspecified atom stereocenters. The molecule has 1 atom stereocenters. The zero-order valence-electron chi connectivity index (χ0n) is 14.1. The number of rotatable bonds is 4. The summed E-state index contributed by atoms with van der Waals surface area (Å²) in [5.74, 6) is 0.402. The Morgan fingerprint density at radius 3 is 2.62 bits per heavy atom. The van der Waals surface area contributed by atoms with Crippen molar-refractivity contribution in [3.8, 4) is 5.75 Å². The molecule has 2 aliphatic rings. The quantitative estimate of drug-likeness (QED) is 0.792. The van der Waals surface area contributed by atoms with Gasteiger partial charge in [0.15, 0.2) is 11.9 Å². The average molecular weight is 330 g/mol. The number of fused-ring (bicyclic) bond motifs is 1. The first-order chi connectivity index (χ1) is 11.5. The van der Waals surface area contributed by atoms with Crippen LogP contribution in [0.2, 0.25) is 0 Å². The lowest BCUT2D eigenvalue weighted by molar-refractivity contribution is -0.130. The summed E-state index contributed by atoms with van der Waals surface area (Å²) in [6.45, 7) is 3.30. The molecule has 2 amide bonds. The van der Waals surface area contributed by atoms with E-state index in [1.54, 1.807) is 32.2 Å². The van der Waals surface area contributed by atoms with Crippen LogP contribution in [0.4, 0.5) is 5.69 Å². The van der Waals surface area contributed by atoms with Gasteiger partial charge in [0.2, 0.25) is 5.91 Å². The lowest BCUT2D eigenvalue weighted by atomic mass is 10.0. The van der Waals surface area contributed by atoms with Crippen molar-refractivity contribution in [3.05, 3.63) is 23.8 Å². The summed E-state index contributed by atoms with van der Waals surface area (Å²) in [5.41, 5.74) is 1.09. The van der Waals surface area contributed by atoms with Crippen molar-refractivity contribution in [1.82, 2.24) is 4.90 Å². The Morgan fingerprint density at radius 1 is 1.21 bits per heavy atom. The monoisotopic (exact) mass is 330 g/mol. The normalized spacial score (nSPS) is 19.9. The number of benzene rings is 1. The largest absolute Gasteiger partial charge is 0.479 e. The highest BCUT2D eigenvalue weighted by molar-refractivity contribution is 6.03. The van der Waals surface area contributed by atoms with E-state index in [1.165, 1.54) is 4.90 Å². The Labute approximate surface area is 141 Å². The molecule has 0 aromatic heterocycles. The van der Waals surface area contributed by atoms with Crippen molar-refractivity contribution in [3.63, 3.8) is 0 Å². The van der Waals surface area contributed by atoms with Crippen LogP contribution in [0.3, 0.4) is 0 Å². The number of ketones is 1. The molecule has 0 spiro atoms. The van der Waals surface area contributed by atoms with E-state index in [2.05, 4.69) is 0 Å². The number of likely N-dealkylation sites (N-methyl/N-ethyl adjacent to an activating group) is 1. The lowest BCUT2D eigenvalue weighted by Gasteiger charge is -2.30. The van der Waals surface area contributed by atoms with E-state index in [0.717, 1.165) is 25.9 Å². The fourth-order valence-corrected chi connectivity index (χ4v) is 3.17. The number of anilines is 1. The van der Waals surface area contributed by atoms with Gasteiger partial charge in [-0.15, -0.1) is 0 Å². The van der Waals surface area contributed by atoms with Crippen LogP contribution in [0.1, 0.15) is 43.0 Å². The van der Waals surface area contributed by atoms with Crippen LogP contribution in [-0.2, 0) is 9.59 Å². The maximum absolute atomic E-state index is 12.4. The van der Waals surface area contributed by atoms with Gasteiger partial charge in [-0.05, 0) is 38.0 Å². The van der Waals surface area contributed by atoms with Crippen LogP contribution >= 0.6 is 0 Å². The summed E-state index contributed by atoms with van der Waals surface area (Å²) >= 11 is 0. The van der Waals surface area contributed by atoms with Crippen molar-refractivity contribution in [2.75, 3.05) is 25.0 Å². The molecule has 0 N–H and O–H groups in total. The standard InChI is InChI=1S/C18H22N2O4/c1-12-18(23)19(2)14-11-13(5-7-16(14)24-12)15(21)6-8-17(22)20-9-3-4-10-20/h5,7,11-12H,3-4,6,8-10H2,1-2H3. The van der Waals surface area contributed by atoms with Gasteiger partial charge in [-0.1, -0.05) is 0 Å². The molecule has 128 valence electrons. The number of amides is 2. The van der Waals surface area contributed by atoms with Crippen molar-refractivity contribution < 1.29 is 19.1 Å². The Hall–Kier alpha value is -2.37. The molecule has 1 saturated heterocycles. The SMILES string of the molecule is CC1Oc2ccc(C(=O)CCC(=O)N3CCCC3)cc2N(C)C1=O. The van der Waals surface area contributed by atoms with E-state index in [4.69, 9.17) is 4.74 Å². The molecule has 1 aromatic rings. The summed E-state index contributed by atoms with van der Waals surface area (Å²) in [6.07, 6.45) is 1.98. The van der Waals surface area contributed by atoms with Crippen molar-refractivity contribution >= 4 is 23.3 Å². The highest BCUT2D eigenvalue weighted by Crippen LogP contribution is 2.34. The molecule has 2 heterocycles. The molecule has 6 heteroatoms. The van der Waals surface area contributed by atoms with E-state index >= 15 is 0 Å². The van der Waals surface area contributed by atoms with Gasteiger partial charge in [-0.2, -0.15) is 0 Å². The fourth-order valence-electron chi connectivity index (χ4n) is 3.17. The summed E-state index contributed by atoms with van der Waals surface area (Å²) in [6, 6.07) is 5.07. The number of carbonyl (C=O) groups excluding carboxylic acids is 3. The molecule has 1 fully saturated rings. The molecule has 0 radical (unpaired) electrons. The second kappa shape index (κ2) is 6.63. The average Bonchev–Trinajstić information content (AvgIpc) is 3.12. The summed E-state index contributed by atoms with van der Waals surface area (Å²) in [4.78, 5) is 39.8. The maximum Gasteiger partial charge on any atom is 0.267 e. The minimum Gasteiger partial charge on any atom is -0.479 e. The second-order valence-electron chi connectivity index (χ2n) is 6.35. The number of likely N-dealkylation sites (tertiary alicyclic amines) is 1. The molecule has 0 saturated carbocycles. The number of ether oxygens (including phenoxy) is 1. The molecular formula is C18H22N2O4. The summed E-state index contributed by atoms with van der Waals surface area (Å²) in [7, 11) is 1.67. The second-order valence-corrected chi connectivity index (χ2v) is 6.35. The first kappa shape index (κ1) is 16.5. The number of Topliss-reactive ketones (excluding diaryl/α,β-unsaturated/α-hetero) is 1. The highest BCUT2D eigenvalue weighted by atomic mass is 16.5. The van der Waals surface area contributed by atoms with Crippen LogP contribution in [0, 0.1) is 0 Å². The fraction of sp³-hybridized carbons (Fsp3) is 0.500. The van der Waals surface area contributed by atoms with Crippen LogP contribution in [0.5, 0.6) is 5.75 Å². The minimum atomic E-state index is -0.526. The number of carbonyl (C=O) groups is 3. The Morgan fingerprint density at radius 2 is 1.92 bits per heavy atom. The molecule has 2 aliphatic heterocycles. The Bertz CT molecular complexity index is 680. The van der Waals surface area contributed by atoms with E-state index in [1.807, 2.05) is 4.90 Å². The smallest absolute Gasteiger partial charge is 0.267 e. The molecule has 3 rings (SSSR count). The van der Waals surface area contributed by atoms with Gasteiger partial charge in [0.05, 0.1) is 5.69 Å². The Balaban J connectivity index is 1.67. The first-order valence-electron chi connectivity index (χ1n) is 8.36. The predicted molar refractivity (Wildman–Crippen MR) is 89.3 cm³/mol. The Kier molecular flexibility index (Phi) is 4.55. The van der Waals surface area contributed by atoms with E-state index in [0.29, 0.717) is 17.0 Å². The van der Waals surface area contributed by atoms with Gasteiger partial charge in [0, 0.05) is 38.5 Å². The summed E-state index contributed by atoms with van der Waals surface area (Å²) in [5, 5.41) is 0. The highest BCUT2D eigenvalue weighted by Gasteiger charge is 2.29. The maximum atomic E-state index is 12.4. The predicted octanol–water partition coefficient (Wildman–Crippen LogP) is 2.02. The lowest BCUT2D eigenvalue weighted by Crippen LogP contribution is -2.42. The van der Waals surface area contributed by atoms with E-state index in [-0.39, 0.29) is 30.4 Å². The number of hydrogen-bond acceptors (Lipinski definition) is 4. The molecular weight excluding hydrogens is 308 g/mol. The third kappa shape index (κ3) is 3.13. The van der Waals surface area contributed by atoms with E-state index in [9.17, 15) is 14.4 Å². The molecule has 6 nitrogen and oxygen atoms in total. The zero-order valence-corrected chi connectivity index (χ0v) is 14.1. The van der Waals surface area contributed by atoms with Crippen molar-refractivity contribution in [2.24, 2.45) is 0 Å². The molecule has 24 heavy (non-hydrogen) atoms. The zero-order chi connectivity index (χ0) is 17.3.